The molecule has 0 amide bonds. The number of hydrogen-bond donors (Lipinski definition) is 0. The average molecular weight is 406 g/mol. The molecule has 126 valence electrons. The molecule has 0 bridgehead atoms. The summed E-state index contributed by atoms with van der Waals surface area (Å²) in [5.41, 5.74) is 2.60. The summed E-state index contributed by atoms with van der Waals surface area (Å²) in [4.78, 5) is 0. The van der Waals surface area contributed by atoms with Crippen molar-refractivity contribution in [3.8, 4) is 0 Å². The van der Waals surface area contributed by atoms with Gasteiger partial charge in [-0.1, -0.05) is 25.3 Å². The molecular formula is C24H26Zr. The topological polar surface area (TPSA) is 0 Å². The number of allylic oxidation sites excluding steroid dienone is 1. The van der Waals surface area contributed by atoms with Gasteiger partial charge in [0.25, 0.3) is 0 Å². The normalized spacial score (nSPS) is 17.3. The Balaban J connectivity index is 0.000000233. The first-order valence-corrected chi connectivity index (χ1v) is 8.70. The summed E-state index contributed by atoms with van der Waals surface area (Å²) in [6.07, 6.45) is 8.53. The van der Waals surface area contributed by atoms with Crippen LogP contribution in [0.15, 0.2) is 96.6 Å². The molecule has 0 spiro atoms. The molecule has 0 aromatic heterocycles. The van der Waals surface area contributed by atoms with E-state index in [0.717, 1.165) is 0 Å². The molecule has 1 aliphatic carbocycles. The van der Waals surface area contributed by atoms with Gasteiger partial charge in [-0.15, -0.1) is 12.1 Å². The molecule has 1 saturated carbocycles. The minimum atomic E-state index is 0. The second kappa shape index (κ2) is 13.8. The Bertz CT molecular complexity index is 572. The van der Waals surface area contributed by atoms with Crippen LogP contribution < -0.4 is 0 Å². The summed E-state index contributed by atoms with van der Waals surface area (Å²) in [7, 11) is 0. The fraction of sp³-hybridized carbons (Fsp3) is 0.208. The fourth-order valence-electron chi connectivity index (χ4n) is 2.60. The molecule has 3 aromatic carbocycles. The van der Waals surface area contributed by atoms with Crippen LogP contribution in [0.5, 0.6) is 0 Å². The monoisotopic (exact) mass is 404 g/mol. The van der Waals surface area contributed by atoms with Crippen molar-refractivity contribution in [2.45, 2.75) is 25.7 Å². The summed E-state index contributed by atoms with van der Waals surface area (Å²) in [5, 5.41) is 0. The zero-order valence-corrected chi connectivity index (χ0v) is 17.2. The van der Waals surface area contributed by atoms with Crippen molar-refractivity contribution in [2.24, 2.45) is 5.92 Å². The van der Waals surface area contributed by atoms with Crippen LogP contribution in [0.4, 0.5) is 0 Å². The molecule has 3 aromatic rings. The Morgan fingerprint density at radius 3 is 1.80 bits per heavy atom. The van der Waals surface area contributed by atoms with Crippen LogP contribution in [0.2, 0.25) is 0 Å². The maximum absolute atomic E-state index is 4.18. The summed E-state index contributed by atoms with van der Waals surface area (Å²) in [6, 6.07) is 30.4. The third-order valence-electron chi connectivity index (χ3n) is 3.93. The van der Waals surface area contributed by atoms with Gasteiger partial charge in [0.05, 0.1) is 0 Å². The molecule has 1 heteroatoms. The molecule has 1 atom stereocenters. The Morgan fingerprint density at radius 2 is 1.36 bits per heavy atom. The molecule has 0 radical (unpaired) electrons. The summed E-state index contributed by atoms with van der Waals surface area (Å²) in [6.45, 7) is 4.18. The van der Waals surface area contributed by atoms with E-state index in [0.29, 0.717) is 5.92 Å². The van der Waals surface area contributed by atoms with Gasteiger partial charge in [0.1, 0.15) is 0 Å². The maximum atomic E-state index is 4.18. The SMILES string of the molecule is [CH2-]C1CCCCC1=[C-]c1ccccc1.[Zr+4].c1cc[cH-]c1.c1cc[cH-]c1. The third kappa shape index (κ3) is 9.56. The van der Waals surface area contributed by atoms with Gasteiger partial charge in [-0.2, -0.15) is 71.7 Å². The number of rotatable bonds is 1. The van der Waals surface area contributed by atoms with Crippen LogP contribution in [-0.2, 0) is 26.2 Å². The summed E-state index contributed by atoms with van der Waals surface area (Å²) < 4.78 is 0. The Kier molecular flexibility index (Phi) is 11.9. The Labute approximate surface area is 172 Å². The molecule has 0 heterocycles. The molecule has 1 unspecified atom stereocenters. The van der Waals surface area contributed by atoms with Crippen LogP contribution >= 0.6 is 0 Å². The van der Waals surface area contributed by atoms with Gasteiger partial charge < -0.3 is 6.92 Å². The van der Waals surface area contributed by atoms with E-state index in [1.54, 1.807) is 0 Å². The van der Waals surface area contributed by atoms with Gasteiger partial charge in [0, 0.05) is 0 Å². The maximum Gasteiger partial charge on any atom is 4.00 e. The molecule has 0 N–H and O–H groups in total. The second-order valence-electron chi connectivity index (χ2n) is 5.88. The second-order valence-corrected chi connectivity index (χ2v) is 5.88. The molecule has 0 aliphatic heterocycles. The predicted molar refractivity (Wildman–Crippen MR) is 104 cm³/mol. The van der Waals surface area contributed by atoms with E-state index in [4.69, 9.17) is 0 Å². The van der Waals surface area contributed by atoms with E-state index in [-0.39, 0.29) is 26.2 Å². The molecule has 0 nitrogen and oxygen atoms in total. The quantitative estimate of drug-likeness (QED) is 0.400. The molecule has 25 heavy (non-hydrogen) atoms. The van der Waals surface area contributed by atoms with Crippen LogP contribution in [0.25, 0.3) is 0 Å². The van der Waals surface area contributed by atoms with Crippen molar-refractivity contribution in [3.63, 3.8) is 0 Å². The Morgan fingerprint density at radius 1 is 0.800 bits per heavy atom. The fourth-order valence-corrected chi connectivity index (χ4v) is 2.60. The molecule has 1 aliphatic rings. The van der Waals surface area contributed by atoms with Gasteiger partial charge in [-0.3, -0.25) is 0 Å². The first kappa shape index (κ1) is 21.6. The Hall–Kier alpha value is -1.46. The standard InChI is InChI=1S/C14H16.2C5H5.Zr/c1-12-7-5-6-10-14(12)11-13-8-3-2-4-9-13;2*1-2-4-5-3-1;/h2-4,8-9,12H,1,5-7,10H2;2*1-5H;/q-2;2*-1;+4. The van der Waals surface area contributed by atoms with E-state index < -0.39 is 0 Å². The van der Waals surface area contributed by atoms with E-state index in [9.17, 15) is 0 Å². The van der Waals surface area contributed by atoms with Crippen LogP contribution in [0, 0.1) is 18.9 Å². The van der Waals surface area contributed by atoms with Crippen LogP contribution in [0.1, 0.15) is 31.2 Å². The van der Waals surface area contributed by atoms with Gasteiger partial charge in [0.2, 0.25) is 0 Å². The van der Waals surface area contributed by atoms with Crippen molar-refractivity contribution in [3.05, 3.63) is 115 Å². The van der Waals surface area contributed by atoms with Crippen molar-refractivity contribution >= 4 is 0 Å². The van der Waals surface area contributed by atoms with Crippen molar-refractivity contribution in [2.75, 3.05) is 0 Å². The molecule has 4 rings (SSSR count). The summed E-state index contributed by atoms with van der Waals surface area (Å²) >= 11 is 0. The van der Waals surface area contributed by atoms with Crippen molar-refractivity contribution in [1.29, 1.82) is 0 Å². The minimum absolute atomic E-state index is 0. The largest absolute Gasteiger partial charge is 4.00 e. The predicted octanol–water partition coefficient (Wildman–Crippen LogP) is 6.60. The van der Waals surface area contributed by atoms with Crippen LogP contribution in [-0.4, -0.2) is 0 Å². The van der Waals surface area contributed by atoms with Crippen molar-refractivity contribution in [1.82, 2.24) is 0 Å². The van der Waals surface area contributed by atoms with Gasteiger partial charge in [0.15, 0.2) is 0 Å². The summed E-state index contributed by atoms with van der Waals surface area (Å²) in [5.74, 6) is 0.490. The van der Waals surface area contributed by atoms with Gasteiger partial charge in [-0.05, 0) is 6.42 Å². The van der Waals surface area contributed by atoms with Gasteiger partial charge >= 0.3 is 26.2 Å². The first-order valence-electron chi connectivity index (χ1n) is 8.70. The van der Waals surface area contributed by atoms with E-state index >= 15 is 0 Å². The van der Waals surface area contributed by atoms with Crippen LogP contribution in [0.3, 0.4) is 0 Å². The van der Waals surface area contributed by atoms with E-state index in [1.807, 2.05) is 66.7 Å². The zero-order valence-electron chi connectivity index (χ0n) is 14.8. The number of benzene rings is 1. The average Bonchev–Trinajstić information content (AvgIpc) is 3.37. The molecule has 1 fully saturated rings. The number of hydrogen-bond acceptors (Lipinski definition) is 0. The zero-order chi connectivity index (χ0) is 16.9. The van der Waals surface area contributed by atoms with E-state index in [1.165, 1.54) is 36.8 Å². The third-order valence-corrected chi connectivity index (χ3v) is 3.93. The molecular weight excluding hydrogens is 379 g/mol. The smallest absolute Gasteiger partial charge is 0.337 e. The molecule has 0 saturated heterocycles. The first-order chi connectivity index (χ1) is 11.9. The van der Waals surface area contributed by atoms with Gasteiger partial charge in [-0.25, -0.2) is 24.3 Å². The minimum Gasteiger partial charge on any atom is -0.337 e. The van der Waals surface area contributed by atoms with E-state index in [2.05, 4.69) is 37.3 Å². The van der Waals surface area contributed by atoms with Crippen molar-refractivity contribution < 1.29 is 26.2 Å².